The summed E-state index contributed by atoms with van der Waals surface area (Å²) in [6, 6.07) is 11.8. The van der Waals surface area contributed by atoms with Crippen molar-refractivity contribution in [1.82, 2.24) is 9.88 Å². The van der Waals surface area contributed by atoms with Crippen molar-refractivity contribution in [2.75, 3.05) is 5.75 Å². The van der Waals surface area contributed by atoms with Crippen molar-refractivity contribution in [2.24, 2.45) is 0 Å². The lowest BCUT2D eigenvalue weighted by Gasteiger charge is -2.11. The number of aromatic nitrogens is 1. The molecule has 112 valence electrons. The number of rotatable bonds is 6. The fraction of sp³-hybridized carbons (Fsp3) is 0.312. The molecule has 2 aromatic rings. The highest BCUT2D eigenvalue weighted by Crippen LogP contribution is 2.16. The van der Waals surface area contributed by atoms with Gasteiger partial charge in [0.1, 0.15) is 5.75 Å². The molecule has 5 heteroatoms. The highest BCUT2D eigenvalue weighted by Gasteiger charge is 2.12. The average Bonchev–Trinajstić information content (AvgIpc) is 2.91. The molecule has 1 amide bonds. The Morgan fingerprint density at radius 2 is 1.86 bits per heavy atom. The minimum Gasteiger partial charge on any atom is -0.353 e. The molecule has 1 aromatic heterocycles. The normalized spacial score (nSPS) is 12.3. The summed E-state index contributed by atoms with van der Waals surface area (Å²) < 4.78 is 14.2. The summed E-state index contributed by atoms with van der Waals surface area (Å²) in [4.78, 5) is 11.7. The second-order valence-corrected chi connectivity index (χ2v) is 6.63. The smallest absolute Gasteiger partial charge is 0.232 e. The summed E-state index contributed by atoms with van der Waals surface area (Å²) >= 11 is 0. The molecule has 0 aliphatic rings. The van der Waals surface area contributed by atoms with Crippen LogP contribution in [0, 0.1) is 0 Å². The molecule has 1 heterocycles. The standard InChI is InChI=1S/C16H20N2O2S/c1-13(2)17-16(19)12-21(20)11-14-7-3-4-8-15(14)18-9-5-6-10-18/h3-10,13H,11-12H2,1-2H3,(H,17,19). The Hall–Kier alpha value is -1.88. The number of para-hydroxylation sites is 1. The molecule has 1 unspecified atom stereocenters. The number of hydrogen-bond donors (Lipinski definition) is 1. The molecular weight excluding hydrogens is 284 g/mol. The van der Waals surface area contributed by atoms with Crippen molar-refractivity contribution >= 4 is 16.7 Å². The molecule has 0 aliphatic carbocycles. The molecule has 0 saturated carbocycles. The molecule has 0 spiro atoms. The third-order valence-electron chi connectivity index (χ3n) is 2.93. The quantitative estimate of drug-likeness (QED) is 0.890. The molecule has 21 heavy (non-hydrogen) atoms. The first-order valence-corrected chi connectivity index (χ1v) is 8.40. The van der Waals surface area contributed by atoms with Crippen LogP contribution in [-0.2, 0) is 21.3 Å². The Morgan fingerprint density at radius 3 is 2.52 bits per heavy atom. The third kappa shape index (κ3) is 4.56. The Morgan fingerprint density at radius 1 is 1.19 bits per heavy atom. The lowest BCUT2D eigenvalue weighted by molar-refractivity contribution is -0.119. The van der Waals surface area contributed by atoms with Gasteiger partial charge in [0.25, 0.3) is 0 Å². The number of amides is 1. The van der Waals surface area contributed by atoms with Crippen molar-refractivity contribution in [1.29, 1.82) is 0 Å². The van der Waals surface area contributed by atoms with Gasteiger partial charge in [-0.2, -0.15) is 0 Å². The lowest BCUT2D eigenvalue weighted by Crippen LogP contribution is -2.34. The van der Waals surface area contributed by atoms with E-state index in [1.54, 1.807) is 0 Å². The lowest BCUT2D eigenvalue weighted by atomic mass is 10.2. The Bertz CT molecular complexity index is 621. The first kappa shape index (κ1) is 15.5. The summed E-state index contributed by atoms with van der Waals surface area (Å²) in [7, 11) is -1.21. The second-order valence-electron chi connectivity index (χ2n) is 5.17. The highest BCUT2D eigenvalue weighted by atomic mass is 32.2. The predicted octanol–water partition coefficient (Wildman–Crippen LogP) is 2.25. The molecule has 1 N–H and O–H groups in total. The van der Waals surface area contributed by atoms with Crippen LogP contribution in [0.3, 0.4) is 0 Å². The van der Waals surface area contributed by atoms with Crippen LogP contribution in [0.25, 0.3) is 5.69 Å². The van der Waals surface area contributed by atoms with Gasteiger partial charge < -0.3 is 9.88 Å². The fourth-order valence-corrected chi connectivity index (χ4v) is 3.18. The number of carbonyl (C=O) groups is 1. The van der Waals surface area contributed by atoms with E-state index in [1.165, 1.54) is 0 Å². The van der Waals surface area contributed by atoms with Crippen LogP contribution in [-0.4, -0.2) is 26.5 Å². The third-order valence-corrected chi connectivity index (χ3v) is 4.15. The van der Waals surface area contributed by atoms with E-state index in [0.717, 1.165) is 11.3 Å². The summed E-state index contributed by atoms with van der Waals surface area (Å²) in [6.07, 6.45) is 3.90. The Balaban J connectivity index is 2.06. The monoisotopic (exact) mass is 304 g/mol. The minimum atomic E-state index is -1.21. The van der Waals surface area contributed by atoms with Crippen LogP contribution >= 0.6 is 0 Å². The van der Waals surface area contributed by atoms with E-state index >= 15 is 0 Å². The van der Waals surface area contributed by atoms with E-state index in [9.17, 15) is 9.00 Å². The number of nitrogens with one attached hydrogen (secondary N) is 1. The molecule has 0 fully saturated rings. The number of carbonyl (C=O) groups excluding carboxylic acids is 1. The predicted molar refractivity (Wildman–Crippen MR) is 85.8 cm³/mol. The van der Waals surface area contributed by atoms with Crippen LogP contribution in [0.5, 0.6) is 0 Å². The van der Waals surface area contributed by atoms with Gasteiger partial charge in [-0.05, 0) is 37.6 Å². The first-order valence-electron chi connectivity index (χ1n) is 6.92. The van der Waals surface area contributed by atoms with Crippen LogP contribution in [0.4, 0.5) is 0 Å². The van der Waals surface area contributed by atoms with Crippen molar-refractivity contribution < 1.29 is 9.00 Å². The number of nitrogens with zero attached hydrogens (tertiary/aromatic N) is 1. The van der Waals surface area contributed by atoms with Gasteiger partial charge in [0.05, 0.1) is 5.75 Å². The largest absolute Gasteiger partial charge is 0.353 e. The van der Waals surface area contributed by atoms with Crippen molar-refractivity contribution in [3.05, 3.63) is 54.4 Å². The zero-order valence-electron chi connectivity index (χ0n) is 12.3. The molecule has 2 rings (SSSR count). The van der Waals surface area contributed by atoms with Gasteiger partial charge in [0.2, 0.25) is 5.91 Å². The zero-order valence-corrected chi connectivity index (χ0v) is 13.1. The maximum atomic E-state index is 12.2. The topological polar surface area (TPSA) is 51.1 Å². The van der Waals surface area contributed by atoms with Gasteiger partial charge in [-0.3, -0.25) is 9.00 Å². The van der Waals surface area contributed by atoms with Crippen LogP contribution in [0.1, 0.15) is 19.4 Å². The van der Waals surface area contributed by atoms with E-state index in [0.29, 0.717) is 5.75 Å². The van der Waals surface area contributed by atoms with Gasteiger partial charge in [-0.15, -0.1) is 0 Å². The summed E-state index contributed by atoms with van der Waals surface area (Å²) in [5, 5.41) is 2.76. The summed E-state index contributed by atoms with van der Waals surface area (Å²) in [5.41, 5.74) is 1.98. The van der Waals surface area contributed by atoms with Gasteiger partial charge >= 0.3 is 0 Å². The van der Waals surface area contributed by atoms with Gasteiger partial charge in [-0.1, -0.05) is 18.2 Å². The molecular formula is C16H20N2O2S. The maximum Gasteiger partial charge on any atom is 0.232 e. The average molecular weight is 304 g/mol. The van der Waals surface area contributed by atoms with Crippen LogP contribution in [0.2, 0.25) is 0 Å². The molecule has 0 saturated heterocycles. The number of benzene rings is 1. The van der Waals surface area contributed by atoms with Crippen molar-refractivity contribution in [3.63, 3.8) is 0 Å². The maximum absolute atomic E-state index is 12.2. The molecule has 0 aliphatic heterocycles. The van der Waals surface area contributed by atoms with E-state index in [-0.39, 0.29) is 17.7 Å². The van der Waals surface area contributed by atoms with Gasteiger partial charge in [0.15, 0.2) is 0 Å². The first-order chi connectivity index (χ1) is 10.1. The van der Waals surface area contributed by atoms with E-state index < -0.39 is 10.8 Å². The molecule has 1 aromatic carbocycles. The van der Waals surface area contributed by atoms with E-state index in [1.807, 2.05) is 67.2 Å². The van der Waals surface area contributed by atoms with Crippen LogP contribution in [0.15, 0.2) is 48.8 Å². The van der Waals surface area contributed by atoms with Gasteiger partial charge in [-0.25, -0.2) is 0 Å². The number of hydrogen-bond acceptors (Lipinski definition) is 2. The Labute approximate surface area is 127 Å². The zero-order chi connectivity index (χ0) is 15.2. The summed E-state index contributed by atoms with van der Waals surface area (Å²) in [5.74, 6) is 0.250. The highest BCUT2D eigenvalue weighted by molar-refractivity contribution is 7.84. The van der Waals surface area contributed by atoms with Gasteiger partial charge in [0, 0.05) is 34.9 Å². The van der Waals surface area contributed by atoms with Crippen molar-refractivity contribution in [2.45, 2.75) is 25.6 Å². The molecule has 0 radical (unpaired) electrons. The van der Waals surface area contributed by atoms with Crippen LogP contribution < -0.4 is 5.32 Å². The molecule has 0 bridgehead atoms. The van der Waals surface area contributed by atoms with E-state index in [2.05, 4.69) is 5.32 Å². The second kappa shape index (κ2) is 7.22. The minimum absolute atomic E-state index is 0.0399. The fourth-order valence-electron chi connectivity index (χ4n) is 2.11. The van der Waals surface area contributed by atoms with E-state index in [4.69, 9.17) is 0 Å². The molecule has 1 atom stereocenters. The summed E-state index contributed by atoms with van der Waals surface area (Å²) in [6.45, 7) is 3.78. The van der Waals surface area contributed by atoms with Crippen molar-refractivity contribution in [3.8, 4) is 5.69 Å². The molecule has 4 nitrogen and oxygen atoms in total. The SMILES string of the molecule is CC(C)NC(=O)CS(=O)Cc1ccccc1-n1cccc1. The Kier molecular flexibility index (Phi) is 5.33.